The molecule has 1 saturated heterocycles. The number of piperidine rings is 1. The predicted octanol–water partition coefficient (Wildman–Crippen LogP) is 2.29. The quantitative estimate of drug-likeness (QED) is 0.851. The van der Waals surface area contributed by atoms with Gasteiger partial charge in [-0.2, -0.15) is 0 Å². The predicted molar refractivity (Wildman–Crippen MR) is 69.1 cm³/mol. The van der Waals surface area contributed by atoms with Crippen LogP contribution in [0.4, 0.5) is 4.39 Å². The highest BCUT2D eigenvalue weighted by atomic mass is 35.5. The van der Waals surface area contributed by atoms with E-state index in [1.807, 2.05) is 6.92 Å². The van der Waals surface area contributed by atoms with Crippen LogP contribution in [0.3, 0.4) is 0 Å². The summed E-state index contributed by atoms with van der Waals surface area (Å²) >= 11 is 5.67. The topological polar surface area (TPSA) is 46.3 Å². The first-order valence-corrected chi connectivity index (χ1v) is 6.35. The number of nitrogens with two attached hydrogens (primary N) is 1. The number of likely N-dealkylation sites (tertiary alicyclic amines) is 1. The molecule has 2 rings (SSSR count). The van der Waals surface area contributed by atoms with Gasteiger partial charge < -0.3 is 10.6 Å². The molecule has 2 unspecified atom stereocenters. The standard InChI is InChI=1S/C13H16ClFN2O/c1-8-4-10(16)7-17(6-8)13(18)11-3-2-9(14)5-12(11)15/h2-3,5,8,10H,4,6-7,16H2,1H3. The highest BCUT2D eigenvalue weighted by molar-refractivity contribution is 6.30. The third-order valence-electron chi connectivity index (χ3n) is 3.14. The molecular formula is C13H16ClFN2O. The Kier molecular flexibility index (Phi) is 3.88. The van der Waals surface area contributed by atoms with Gasteiger partial charge in [-0.25, -0.2) is 4.39 Å². The summed E-state index contributed by atoms with van der Waals surface area (Å²) in [4.78, 5) is 13.8. The van der Waals surface area contributed by atoms with E-state index in [9.17, 15) is 9.18 Å². The van der Waals surface area contributed by atoms with Gasteiger partial charge in [-0.1, -0.05) is 18.5 Å². The zero-order chi connectivity index (χ0) is 13.3. The van der Waals surface area contributed by atoms with Gasteiger partial charge in [-0.3, -0.25) is 4.79 Å². The fourth-order valence-corrected chi connectivity index (χ4v) is 2.56. The molecule has 2 N–H and O–H groups in total. The lowest BCUT2D eigenvalue weighted by atomic mass is 9.96. The molecule has 2 atom stereocenters. The van der Waals surface area contributed by atoms with E-state index < -0.39 is 5.82 Å². The van der Waals surface area contributed by atoms with Crippen LogP contribution in [0, 0.1) is 11.7 Å². The number of hydrogen-bond acceptors (Lipinski definition) is 2. The number of carbonyl (C=O) groups is 1. The van der Waals surface area contributed by atoms with Gasteiger partial charge in [-0.15, -0.1) is 0 Å². The molecular weight excluding hydrogens is 255 g/mol. The normalized spacial score (nSPS) is 24.1. The van der Waals surface area contributed by atoms with E-state index in [0.29, 0.717) is 19.0 Å². The molecule has 1 aliphatic rings. The summed E-state index contributed by atoms with van der Waals surface area (Å²) in [5.74, 6) is -0.557. The summed E-state index contributed by atoms with van der Waals surface area (Å²) in [5.41, 5.74) is 5.94. The van der Waals surface area contributed by atoms with Crippen molar-refractivity contribution >= 4 is 17.5 Å². The molecule has 0 bridgehead atoms. The van der Waals surface area contributed by atoms with Gasteiger partial charge in [0.2, 0.25) is 0 Å². The lowest BCUT2D eigenvalue weighted by molar-refractivity contribution is 0.0656. The molecule has 1 aromatic carbocycles. The maximum atomic E-state index is 13.7. The van der Waals surface area contributed by atoms with E-state index >= 15 is 0 Å². The number of hydrogen-bond donors (Lipinski definition) is 1. The van der Waals surface area contributed by atoms with Crippen LogP contribution in [0.2, 0.25) is 5.02 Å². The van der Waals surface area contributed by atoms with Crippen LogP contribution in [-0.2, 0) is 0 Å². The molecule has 1 aromatic rings. The Morgan fingerprint density at radius 2 is 2.22 bits per heavy atom. The maximum absolute atomic E-state index is 13.7. The number of carbonyl (C=O) groups excluding carboxylic acids is 1. The van der Waals surface area contributed by atoms with Gasteiger partial charge in [-0.05, 0) is 30.5 Å². The van der Waals surface area contributed by atoms with Gasteiger partial charge in [0.05, 0.1) is 5.56 Å². The molecule has 0 spiro atoms. The second kappa shape index (κ2) is 5.24. The molecule has 1 fully saturated rings. The van der Waals surface area contributed by atoms with Crippen LogP contribution in [0.5, 0.6) is 0 Å². The lowest BCUT2D eigenvalue weighted by Crippen LogP contribution is -2.49. The Bertz CT molecular complexity index is 456. The van der Waals surface area contributed by atoms with Crippen LogP contribution in [-0.4, -0.2) is 29.9 Å². The molecule has 18 heavy (non-hydrogen) atoms. The van der Waals surface area contributed by atoms with Crippen molar-refractivity contribution in [2.75, 3.05) is 13.1 Å². The van der Waals surface area contributed by atoms with Crippen molar-refractivity contribution in [1.82, 2.24) is 4.90 Å². The number of nitrogens with zero attached hydrogens (tertiary/aromatic N) is 1. The molecule has 0 radical (unpaired) electrons. The van der Waals surface area contributed by atoms with Crippen molar-refractivity contribution in [2.24, 2.45) is 11.7 Å². The molecule has 0 aliphatic carbocycles. The van der Waals surface area contributed by atoms with E-state index in [4.69, 9.17) is 17.3 Å². The Balaban J connectivity index is 2.20. The van der Waals surface area contributed by atoms with Gasteiger partial charge >= 0.3 is 0 Å². The summed E-state index contributed by atoms with van der Waals surface area (Å²) in [5, 5.41) is 0.285. The third-order valence-corrected chi connectivity index (χ3v) is 3.38. The average Bonchev–Trinajstić information content (AvgIpc) is 2.26. The minimum atomic E-state index is -0.584. The summed E-state index contributed by atoms with van der Waals surface area (Å²) < 4.78 is 13.7. The van der Waals surface area contributed by atoms with Crippen LogP contribution in [0.15, 0.2) is 18.2 Å². The fourth-order valence-electron chi connectivity index (χ4n) is 2.40. The van der Waals surface area contributed by atoms with Crippen molar-refractivity contribution in [3.63, 3.8) is 0 Å². The van der Waals surface area contributed by atoms with Crippen molar-refractivity contribution < 1.29 is 9.18 Å². The molecule has 1 heterocycles. The van der Waals surface area contributed by atoms with Crippen LogP contribution < -0.4 is 5.73 Å². The molecule has 1 aliphatic heterocycles. The van der Waals surface area contributed by atoms with Crippen molar-refractivity contribution in [3.05, 3.63) is 34.6 Å². The van der Waals surface area contributed by atoms with E-state index in [1.165, 1.54) is 12.1 Å². The summed E-state index contributed by atoms with van der Waals surface area (Å²) in [6.07, 6.45) is 0.896. The first kappa shape index (κ1) is 13.3. The van der Waals surface area contributed by atoms with Crippen LogP contribution >= 0.6 is 11.6 Å². The molecule has 98 valence electrons. The Labute approximate surface area is 111 Å². The van der Waals surface area contributed by atoms with Gasteiger partial charge in [0.1, 0.15) is 5.82 Å². The average molecular weight is 271 g/mol. The van der Waals surface area contributed by atoms with Gasteiger partial charge in [0.15, 0.2) is 0 Å². The minimum Gasteiger partial charge on any atom is -0.337 e. The second-order valence-electron chi connectivity index (χ2n) is 4.94. The smallest absolute Gasteiger partial charge is 0.256 e. The van der Waals surface area contributed by atoms with E-state index in [0.717, 1.165) is 12.5 Å². The van der Waals surface area contributed by atoms with Crippen LogP contribution in [0.1, 0.15) is 23.7 Å². The molecule has 5 heteroatoms. The van der Waals surface area contributed by atoms with Crippen molar-refractivity contribution in [2.45, 2.75) is 19.4 Å². The first-order valence-electron chi connectivity index (χ1n) is 5.97. The largest absolute Gasteiger partial charge is 0.337 e. The van der Waals surface area contributed by atoms with Gasteiger partial charge in [0, 0.05) is 24.2 Å². The number of halogens is 2. The number of amides is 1. The first-order chi connectivity index (χ1) is 8.47. The third kappa shape index (κ3) is 2.82. The van der Waals surface area contributed by atoms with Crippen molar-refractivity contribution in [3.8, 4) is 0 Å². The minimum absolute atomic E-state index is 0.0342. The monoisotopic (exact) mass is 270 g/mol. The number of benzene rings is 1. The Morgan fingerprint density at radius 3 is 2.83 bits per heavy atom. The van der Waals surface area contributed by atoms with E-state index in [-0.39, 0.29) is 22.5 Å². The van der Waals surface area contributed by atoms with Crippen LogP contribution in [0.25, 0.3) is 0 Å². The number of rotatable bonds is 1. The summed E-state index contributed by atoms with van der Waals surface area (Å²) in [6.45, 7) is 3.14. The molecule has 1 amide bonds. The Hall–Kier alpha value is -1.13. The lowest BCUT2D eigenvalue weighted by Gasteiger charge is -2.34. The fraction of sp³-hybridized carbons (Fsp3) is 0.462. The molecule has 0 saturated carbocycles. The second-order valence-corrected chi connectivity index (χ2v) is 5.37. The Morgan fingerprint density at radius 1 is 1.50 bits per heavy atom. The molecule has 0 aromatic heterocycles. The SMILES string of the molecule is CC1CC(N)CN(C(=O)c2ccc(Cl)cc2F)C1. The summed E-state index contributed by atoms with van der Waals surface area (Å²) in [7, 11) is 0. The van der Waals surface area contributed by atoms with Gasteiger partial charge in [0.25, 0.3) is 5.91 Å². The van der Waals surface area contributed by atoms with Crippen molar-refractivity contribution in [1.29, 1.82) is 0 Å². The summed E-state index contributed by atoms with van der Waals surface area (Å²) in [6, 6.07) is 4.06. The zero-order valence-corrected chi connectivity index (χ0v) is 11.0. The van der Waals surface area contributed by atoms with E-state index in [1.54, 1.807) is 4.90 Å². The zero-order valence-electron chi connectivity index (χ0n) is 10.2. The van der Waals surface area contributed by atoms with E-state index in [2.05, 4.69) is 0 Å². The maximum Gasteiger partial charge on any atom is 0.256 e. The molecule has 3 nitrogen and oxygen atoms in total. The highest BCUT2D eigenvalue weighted by Gasteiger charge is 2.27. The highest BCUT2D eigenvalue weighted by Crippen LogP contribution is 2.20.